The number of rotatable bonds is 7. The standard InChI is InChI=1S/C16H21NO4S2/c1-5-17(23(18,19)16-9-6-12(2)22-16)11-13-7-8-14(20-3)15(10-13)21-4/h6-10H,5,11H2,1-4H3. The SMILES string of the molecule is CCN(Cc1ccc(OC)c(OC)c1)S(=O)(=O)c1ccc(C)s1. The summed E-state index contributed by atoms with van der Waals surface area (Å²) in [4.78, 5) is 0.978. The molecule has 1 heterocycles. The minimum Gasteiger partial charge on any atom is -0.493 e. The van der Waals surface area contributed by atoms with Crippen molar-refractivity contribution >= 4 is 21.4 Å². The molecule has 0 amide bonds. The fraction of sp³-hybridized carbons (Fsp3) is 0.375. The van der Waals surface area contributed by atoms with Crippen LogP contribution < -0.4 is 9.47 Å². The molecule has 7 heteroatoms. The van der Waals surface area contributed by atoms with E-state index < -0.39 is 10.0 Å². The Labute approximate surface area is 141 Å². The lowest BCUT2D eigenvalue weighted by atomic mass is 10.2. The van der Waals surface area contributed by atoms with Crippen molar-refractivity contribution in [3.05, 3.63) is 40.8 Å². The van der Waals surface area contributed by atoms with Crippen LogP contribution in [0.5, 0.6) is 11.5 Å². The predicted octanol–water partition coefficient (Wildman–Crippen LogP) is 3.28. The molecule has 0 atom stereocenters. The van der Waals surface area contributed by atoms with Crippen molar-refractivity contribution in [2.24, 2.45) is 0 Å². The zero-order valence-electron chi connectivity index (χ0n) is 13.7. The van der Waals surface area contributed by atoms with Crippen LogP contribution in [0.4, 0.5) is 0 Å². The molecule has 0 saturated heterocycles. The number of benzene rings is 1. The van der Waals surface area contributed by atoms with E-state index in [0.717, 1.165) is 10.4 Å². The summed E-state index contributed by atoms with van der Waals surface area (Å²) in [7, 11) is -0.355. The van der Waals surface area contributed by atoms with E-state index in [1.54, 1.807) is 32.4 Å². The molecule has 0 radical (unpaired) electrons. The van der Waals surface area contributed by atoms with Crippen molar-refractivity contribution in [2.45, 2.75) is 24.6 Å². The molecule has 23 heavy (non-hydrogen) atoms. The Morgan fingerprint density at radius 2 is 1.78 bits per heavy atom. The van der Waals surface area contributed by atoms with Crippen LogP contribution in [0.3, 0.4) is 0 Å². The Balaban J connectivity index is 2.29. The van der Waals surface area contributed by atoms with Crippen molar-refractivity contribution in [2.75, 3.05) is 20.8 Å². The van der Waals surface area contributed by atoms with Gasteiger partial charge in [-0.05, 0) is 36.8 Å². The lowest BCUT2D eigenvalue weighted by molar-refractivity contribution is 0.353. The topological polar surface area (TPSA) is 55.8 Å². The zero-order valence-corrected chi connectivity index (χ0v) is 15.3. The summed E-state index contributed by atoms with van der Waals surface area (Å²) < 4.78 is 37.8. The van der Waals surface area contributed by atoms with Gasteiger partial charge in [-0.25, -0.2) is 8.42 Å². The normalized spacial score (nSPS) is 11.7. The molecule has 0 aliphatic carbocycles. The summed E-state index contributed by atoms with van der Waals surface area (Å²) in [6, 6.07) is 8.91. The van der Waals surface area contributed by atoms with Crippen LogP contribution in [0, 0.1) is 6.92 Å². The highest BCUT2D eigenvalue weighted by Crippen LogP contribution is 2.30. The maximum absolute atomic E-state index is 12.7. The van der Waals surface area contributed by atoms with Gasteiger partial charge in [0.05, 0.1) is 14.2 Å². The second-order valence-corrected chi connectivity index (χ2v) is 8.44. The van der Waals surface area contributed by atoms with Crippen molar-refractivity contribution in [3.8, 4) is 11.5 Å². The number of aryl methyl sites for hydroxylation is 1. The third kappa shape index (κ3) is 3.85. The maximum Gasteiger partial charge on any atom is 0.252 e. The first-order chi connectivity index (χ1) is 10.9. The fourth-order valence-electron chi connectivity index (χ4n) is 2.23. The van der Waals surface area contributed by atoms with Crippen molar-refractivity contribution in [1.82, 2.24) is 4.31 Å². The number of hydrogen-bond donors (Lipinski definition) is 0. The number of sulfonamides is 1. The summed E-state index contributed by atoms with van der Waals surface area (Å²) in [5, 5.41) is 0. The number of hydrogen-bond acceptors (Lipinski definition) is 5. The third-order valence-corrected chi connectivity index (χ3v) is 6.86. The summed E-state index contributed by atoms with van der Waals surface area (Å²) in [5.41, 5.74) is 0.848. The van der Waals surface area contributed by atoms with Crippen LogP contribution in [0.2, 0.25) is 0 Å². The van der Waals surface area contributed by atoms with Crippen molar-refractivity contribution in [1.29, 1.82) is 0 Å². The van der Waals surface area contributed by atoms with E-state index in [9.17, 15) is 8.42 Å². The Bertz CT molecular complexity index is 768. The van der Waals surface area contributed by atoms with E-state index in [-0.39, 0.29) is 6.54 Å². The molecule has 0 unspecified atom stereocenters. The second kappa shape index (κ2) is 7.33. The van der Waals surface area contributed by atoms with Gasteiger partial charge in [0.1, 0.15) is 4.21 Å². The summed E-state index contributed by atoms with van der Waals surface area (Å²) >= 11 is 1.29. The molecule has 1 aromatic heterocycles. The van der Waals surface area contributed by atoms with Gasteiger partial charge in [0.15, 0.2) is 11.5 Å². The van der Waals surface area contributed by atoms with Crippen LogP contribution in [0.1, 0.15) is 17.4 Å². The molecule has 0 spiro atoms. The first-order valence-corrected chi connectivity index (χ1v) is 9.45. The van der Waals surface area contributed by atoms with Crippen molar-refractivity contribution < 1.29 is 17.9 Å². The van der Waals surface area contributed by atoms with E-state index >= 15 is 0 Å². The van der Waals surface area contributed by atoms with Gasteiger partial charge in [0, 0.05) is 18.0 Å². The van der Waals surface area contributed by atoms with E-state index in [1.165, 1.54) is 15.6 Å². The highest BCUT2D eigenvalue weighted by molar-refractivity contribution is 7.91. The number of ether oxygens (including phenoxy) is 2. The summed E-state index contributed by atoms with van der Waals surface area (Å²) in [6.45, 7) is 4.41. The fourth-order valence-corrected chi connectivity index (χ4v) is 5.10. The molecule has 0 aliphatic rings. The second-order valence-electron chi connectivity index (χ2n) is 4.99. The number of nitrogens with zero attached hydrogens (tertiary/aromatic N) is 1. The van der Waals surface area contributed by atoms with Crippen LogP contribution in [-0.2, 0) is 16.6 Å². The van der Waals surface area contributed by atoms with E-state index in [4.69, 9.17) is 9.47 Å². The first kappa shape index (κ1) is 17.8. The average Bonchev–Trinajstić information content (AvgIpc) is 2.99. The highest BCUT2D eigenvalue weighted by atomic mass is 32.2. The van der Waals surface area contributed by atoms with Gasteiger partial charge in [-0.2, -0.15) is 4.31 Å². The largest absolute Gasteiger partial charge is 0.493 e. The van der Waals surface area contributed by atoms with E-state index in [2.05, 4.69) is 0 Å². The molecule has 2 aromatic rings. The van der Waals surface area contributed by atoms with Gasteiger partial charge in [0.25, 0.3) is 10.0 Å². The monoisotopic (exact) mass is 355 g/mol. The summed E-state index contributed by atoms with van der Waals surface area (Å²) in [5.74, 6) is 1.21. The Morgan fingerprint density at radius 1 is 1.09 bits per heavy atom. The lowest BCUT2D eigenvalue weighted by Gasteiger charge is -2.20. The van der Waals surface area contributed by atoms with Gasteiger partial charge in [-0.15, -0.1) is 11.3 Å². The molecule has 2 rings (SSSR count). The highest BCUT2D eigenvalue weighted by Gasteiger charge is 2.25. The molecular weight excluding hydrogens is 334 g/mol. The van der Waals surface area contributed by atoms with Gasteiger partial charge in [-0.1, -0.05) is 13.0 Å². The molecule has 0 aliphatic heterocycles. The molecule has 0 fully saturated rings. The molecule has 0 saturated carbocycles. The van der Waals surface area contributed by atoms with Gasteiger partial charge >= 0.3 is 0 Å². The molecular formula is C16H21NO4S2. The van der Waals surface area contributed by atoms with Crippen LogP contribution >= 0.6 is 11.3 Å². The smallest absolute Gasteiger partial charge is 0.252 e. The maximum atomic E-state index is 12.7. The minimum absolute atomic E-state index is 0.288. The zero-order chi connectivity index (χ0) is 17.0. The summed E-state index contributed by atoms with van der Waals surface area (Å²) in [6.07, 6.45) is 0. The molecule has 126 valence electrons. The van der Waals surface area contributed by atoms with E-state index in [1.807, 2.05) is 26.0 Å². The van der Waals surface area contributed by atoms with Crippen LogP contribution in [-0.4, -0.2) is 33.5 Å². The van der Waals surface area contributed by atoms with Crippen LogP contribution in [0.25, 0.3) is 0 Å². The number of methoxy groups -OCH3 is 2. The van der Waals surface area contributed by atoms with Crippen LogP contribution in [0.15, 0.2) is 34.5 Å². The molecule has 0 bridgehead atoms. The van der Waals surface area contributed by atoms with Gasteiger partial charge < -0.3 is 9.47 Å². The van der Waals surface area contributed by atoms with Gasteiger partial charge in [0.2, 0.25) is 0 Å². The Morgan fingerprint density at radius 3 is 2.30 bits per heavy atom. The number of thiophene rings is 1. The lowest BCUT2D eigenvalue weighted by Crippen LogP contribution is -2.29. The van der Waals surface area contributed by atoms with Crippen molar-refractivity contribution in [3.63, 3.8) is 0 Å². The molecule has 5 nitrogen and oxygen atoms in total. The quantitative estimate of drug-likeness (QED) is 0.765. The predicted molar refractivity (Wildman–Crippen MR) is 91.9 cm³/mol. The average molecular weight is 355 g/mol. The Hall–Kier alpha value is -1.57. The first-order valence-electron chi connectivity index (χ1n) is 7.19. The minimum atomic E-state index is -3.48. The Kier molecular flexibility index (Phi) is 5.67. The molecule has 1 aromatic carbocycles. The molecule has 0 N–H and O–H groups in total. The van der Waals surface area contributed by atoms with Gasteiger partial charge in [-0.3, -0.25) is 0 Å². The van der Waals surface area contributed by atoms with E-state index in [0.29, 0.717) is 22.3 Å². The third-order valence-electron chi connectivity index (χ3n) is 3.47.